The summed E-state index contributed by atoms with van der Waals surface area (Å²) in [7, 11) is -2.57. The van der Waals surface area contributed by atoms with E-state index in [9.17, 15) is 22.3 Å². The molecule has 2 aromatic heterocycles. The summed E-state index contributed by atoms with van der Waals surface area (Å²) in [6, 6.07) is 8.39. The van der Waals surface area contributed by atoms with Gasteiger partial charge in [0.25, 0.3) is 5.92 Å². The molecule has 2 aliphatic heterocycles. The Hall–Kier alpha value is -3.36. The molecule has 1 saturated carbocycles. The summed E-state index contributed by atoms with van der Waals surface area (Å²) in [6.07, 6.45) is 4.01. The second kappa shape index (κ2) is 10.7. The number of rotatable bonds is 8. The van der Waals surface area contributed by atoms with E-state index in [1.807, 2.05) is 0 Å². The third kappa shape index (κ3) is 5.79. The molecule has 4 heterocycles. The maximum absolute atomic E-state index is 13.7. The topological polar surface area (TPSA) is 148 Å². The van der Waals surface area contributed by atoms with E-state index in [0.717, 1.165) is 31.6 Å². The van der Waals surface area contributed by atoms with Gasteiger partial charge in [0.2, 0.25) is 27.7 Å². The maximum atomic E-state index is 13.7. The molecule has 0 bridgehead atoms. The number of primary sulfonamides is 1. The second-order valence-corrected chi connectivity index (χ2v) is 13.3. The highest BCUT2D eigenvalue weighted by Crippen LogP contribution is 2.54. The van der Waals surface area contributed by atoms with E-state index in [4.69, 9.17) is 14.3 Å². The highest BCUT2D eigenvalue weighted by molar-refractivity contribution is 7.89. The van der Waals surface area contributed by atoms with Crippen LogP contribution < -0.4 is 19.7 Å². The summed E-state index contributed by atoms with van der Waals surface area (Å²) in [5, 5.41) is 22.6. The standard InChI is InChI=1S/C28H34F2N6O5S/c1-40-24-16-19(15-23(32-24)36-12-8-28(29,30)9-13-36)25-33-34-26(41-25)20-3-2-18(22(17-37)42(31,38)39)14-21(20)35-10-6-27(4-5-27)7-11-35/h2-3,14-16,22,37H,4-13,17H2,1H3,(H2,31,38,39). The molecule has 1 aromatic carbocycles. The lowest BCUT2D eigenvalue weighted by Gasteiger charge is -2.35. The number of sulfonamides is 1. The van der Waals surface area contributed by atoms with Crippen LogP contribution in [0.4, 0.5) is 20.3 Å². The van der Waals surface area contributed by atoms with Gasteiger partial charge in [0.05, 0.1) is 19.3 Å². The number of hydrogen-bond acceptors (Lipinski definition) is 10. The number of halogens is 2. The lowest BCUT2D eigenvalue weighted by atomic mass is 9.92. The van der Waals surface area contributed by atoms with E-state index in [1.54, 1.807) is 35.2 Å². The van der Waals surface area contributed by atoms with E-state index in [-0.39, 0.29) is 43.6 Å². The lowest BCUT2D eigenvalue weighted by molar-refractivity contribution is -0.0221. The Morgan fingerprint density at radius 1 is 1.00 bits per heavy atom. The highest BCUT2D eigenvalue weighted by Gasteiger charge is 2.45. The van der Waals surface area contributed by atoms with Crippen LogP contribution in [-0.2, 0) is 10.0 Å². The van der Waals surface area contributed by atoms with Crippen LogP contribution in [0, 0.1) is 5.41 Å². The molecule has 1 atom stereocenters. The quantitative estimate of drug-likeness (QED) is 0.390. The largest absolute Gasteiger partial charge is 0.481 e. The molecule has 11 nitrogen and oxygen atoms in total. The van der Waals surface area contributed by atoms with E-state index >= 15 is 0 Å². The number of aromatic nitrogens is 3. The Morgan fingerprint density at radius 3 is 2.29 bits per heavy atom. The van der Waals surface area contributed by atoms with E-state index in [0.29, 0.717) is 27.9 Å². The number of ether oxygens (including phenoxy) is 1. The van der Waals surface area contributed by atoms with Crippen molar-refractivity contribution in [3.63, 3.8) is 0 Å². The van der Waals surface area contributed by atoms with Crippen LogP contribution in [0.15, 0.2) is 34.7 Å². The molecular weight excluding hydrogens is 570 g/mol. The van der Waals surface area contributed by atoms with Crippen LogP contribution in [0.1, 0.15) is 49.3 Å². The predicted octanol–water partition coefficient (Wildman–Crippen LogP) is 3.75. The fourth-order valence-electron chi connectivity index (χ4n) is 5.88. The van der Waals surface area contributed by atoms with Crippen molar-refractivity contribution in [2.45, 2.75) is 49.7 Å². The number of aliphatic hydroxyl groups is 1. The number of methoxy groups -OCH3 is 1. The molecule has 3 aromatic rings. The zero-order valence-corrected chi connectivity index (χ0v) is 24.1. The molecule has 2 saturated heterocycles. The van der Waals surface area contributed by atoms with Crippen LogP contribution in [-0.4, -0.2) is 74.5 Å². The first-order valence-electron chi connectivity index (χ1n) is 14.0. The Labute approximate surface area is 242 Å². The van der Waals surface area contributed by atoms with Gasteiger partial charge in [-0.25, -0.2) is 22.3 Å². The fraction of sp³-hybridized carbons (Fsp3) is 0.536. The molecule has 226 valence electrons. The number of nitrogens with two attached hydrogens (primary N) is 1. The molecule has 14 heteroatoms. The molecule has 6 rings (SSSR count). The van der Waals surface area contributed by atoms with Crippen molar-refractivity contribution in [1.29, 1.82) is 0 Å². The first kappa shape index (κ1) is 28.7. The number of aliphatic hydroxyl groups excluding tert-OH is 1. The van der Waals surface area contributed by atoms with Crippen molar-refractivity contribution >= 4 is 21.5 Å². The predicted molar refractivity (Wildman–Crippen MR) is 152 cm³/mol. The molecule has 1 aliphatic carbocycles. The molecule has 3 fully saturated rings. The Morgan fingerprint density at radius 2 is 1.67 bits per heavy atom. The number of anilines is 2. The number of hydrogen-bond donors (Lipinski definition) is 2. The number of pyridine rings is 1. The third-order valence-electron chi connectivity index (χ3n) is 8.80. The van der Waals surface area contributed by atoms with Crippen molar-refractivity contribution in [2.24, 2.45) is 10.6 Å². The zero-order chi connectivity index (χ0) is 29.7. The Kier molecular flexibility index (Phi) is 7.34. The van der Waals surface area contributed by atoms with Crippen LogP contribution in [0.2, 0.25) is 0 Å². The average molecular weight is 605 g/mol. The molecular formula is C28H34F2N6O5S. The van der Waals surface area contributed by atoms with Gasteiger partial charge in [-0.2, -0.15) is 4.98 Å². The Balaban J connectivity index is 1.35. The summed E-state index contributed by atoms with van der Waals surface area (Å²) in [5.41, 5.74) is 2.66. The van der Waals surface area contributed by atoms with Crippen molar-refractivity contribution in [3.05, 3.63) is 35.9 Å². The minimum atomic E-state index is -4.04. The lowest BCUT2D eigenvalue weighted by Crippen LogP contribution is -2.39. The summed E-state index contributed by atoms with van der Waals surface area (Å²) in [6.45, 7) is 1.24. The average Bonchev–Trinajstić information content (AvgIpc) is 3.52. The van der Waals surface area contributed by atoms with Gasteiger partial charge in [0.1, 0.15) is 11.1 Å². The molecule has 0 amide bonds. The highest BCUT2D eigenvalue weighted by atomic mass is 32.2. The zero-order valence-electron chi connectivity index (χ0n) is 23.3. The van der Waals surface area contributed by atoms with Gasteiger partial charge in [0.15, 0.2) is 0 Å². The number of benzene rings is 1. The summed E-state index contributed by atoms with van der Waals surface area (Å²) >= 11 is 0. The molecule has 42 heavy (non-hydrogen) atoms. The van der Waals surface area contributed by atoms with Crippen LogP contribution in [0.3, 0.4) is 0 Å². The second-order valence-electron chi connectivity index (χ2n) is 11.5. The monoisotopic (exact) mass is 604 g/mol. The van der Waals surface area contributed by atoms with Crippen LogP contribution in [0.25, 0.3) is 22.9 Å². The van der Waals surface area contributed by atoms with Crippen molar-refractivity contribution < 1.29 is 31.5 Å². The summed E-state index contributed by atoms with van der Waals surface area (Å²) < 4.78 is 63.4. The molecule has 3 N–H and O–H groups in total. The van der Waals surface area contributed by atoms with Gasteiger partial charge in [-0.05, 0) is 54.9 Å². The van der Waals surface area contributed by atoms with Gasteiger partial charge in [-0.1, -0.05) is 6.07 Å². The molecule has 3 aliphatic rings. The van der Waals surface area contributed by atoms with E-state index < -0.39 is 27.8 Å². The van der Waals surface area contributed by atoms with Crippen LogP contribution >= 0.6 is 0 Å². The number of nitrogens with zero attached hydrogens (tertiary/aromatic N) is 5. The molecule has 1 spiro atoms. The first-order valence-corrected chi connectivity index (χ1v) is 15.6. The van der Waals surface area contributed by atoms with Crippen LogP contribution in [0.5, 0.6) is 5.88 Å². The van der Waals surface area contributed by atoms with Crippen molar-refractivity contribution in [3.8, 4) is 28.8 Å². The minimum Gasteiger partial charge on any atom is -0.481 e. The molecule has 0 radical (unpaired) electrons. The van der Waals surface area contributed by atoms with Gasteiger partial charge in [-0.15, -0.1) is 10.2 Å². The third-order valence-corrected chi connectivity index (χ3v) is 10.0. The summed E-state index contributed by atoms with van der Waals surface area (Å²) in [5.74, 6) is -1.51. The maximum Gasteiger partial charge on any atom is 0.251 e. The Bertz CT molecular complexity index is 1560. The molecule has 1 unspecified atom stereocenters. The van der Waals surface area contributed by atoms with Gasteiger partial charge in [0, 0.05) is 56.3 Å². The van der Waals surface area contributed by atoms with Crippen molar-refractivity contribution in [1.82, 2.24) is 15.2 Å². The van der Waals surface area contributed by atoms with E-state index in [1.165, 1.54) is 20.0 Å². The first-order chi connectivity index (χ1) is 20.0. The summed E-state index contributed by atoms with van der Waals surface area (Å²) in [4.78, 5) is 8.41. The fourth-order valence-corrected chi connectivity index (χ4v) is 6.62. The minimum absolute atomic E-state index is 0.155. The number of alkyl halides is 2. The SMILES string of the molecule is COc1cc(-c2nnc(-c3ccc(C(CO)S(N)(=O)=O)cc3N3CCC4(CC3)CC4)o2)cc(N2CCC(F)(F)CC2)n1. The normalized spacial score (nSPS) is 20.5. The van der Waals surface area contributed by atoms with E-state index in [2.05, 4.69) is 20.1 Å². The van der Waals surface area contributed by atoms with Gasteiger partial charge in [-0.3, -0.25) is 0 Å². The van der Waals surface area contributed by atoms with Gasteiger partial charge < -0.3 is 24.1 Å². The number of piperidine rings is 2. The smallest absolute Gasteiger partial charge is 0.251 e. The van der Waals surface area contributed by atoms with Crippen molar-refractivity contribution in [2.75, 3.05) is 49.7 Å². The van der Waals surface area contributed by atoms with Gasteiger partial charge >= 0.3 is 0 Å².